The van der Waals surface area contributed by atoms with Gasteiger partial charge in [-0.15, -0.1) is 0 Å². The summed E-state index contributed by atoms with van der Waals surface area (Å²) in [6, 6.07) is -0.805. The topological polar surface area (TPSA) is 219 Å². The highest BCUT2D eigenvalue weighted by molar-refractivity contribution is 5.79. The molecule has 1 heterocycles. The SMILES string of the molecule is CCCCCCCCOC(=O)CN(CC(=O)OCCCCCCCC)CC(=O)O[C@@H]1C[C@H](COC(=O)CN(CC(=O)O)CC(=O)O)N(C(=O)OCCN(C)C)C1. The predicted molar refractivity (Wildman–Crippen MR) is 203 cm³/mol. The molecule has 18 nitrogen and oxygen atoms in total. The Bertz CT molecular complexity index is 1160. The number of rotatable bonds is 32. The van der Waals surface area contributed by atoms with Crippen molar-refractivity contribution in [1.29, 1.82) is 0 Å². The number of unbranched alkanes of at least 4 members (excludes halogenated alkanes) is 10. The molecule has 0 spiro atoms. The van der Waals surface area contributed by atoms with E-state index in [0.29, 0.717) is 19.4 Å². The molecule has 1 aliphatic rings. The Morgan fingerprint density at radius 2 is 1.02 bits per heavy atom. The number of aliphatic carboxylic acids is 2. The van der Waals surface area contributed by atoms with Crippen LogP contribution in [0.25, 0.3) is 0 Å². The molecular weight excluding hydrogens is 736 g/mol. The molecule has 0 aromatic carbocycles. The lowest BCUT2D eigenvalue weighted by atomic mass is 10.1. The molecule has 1 rings (SSSR count). The van der Waals surface area contributed by atoms with Gasteiger partial charge >= 0.3 is 41.9 Å². The zero-order valence-corrected chi connectivity index (χ0v) is 33.9. The Hall–Kier alpha value is -4.03. The minimum Gasteiger partial charge on any atom is -0.480 e. The van der Waals surface area contributed by atoms with Crippen LogP contribution in [-0.4, -0.2) is 177 Å². The number of nitrogens with zero attached hydrogens (tertiary/aromatic N) is 4. The third kappa shape index (κ3) is 25.2. The van der Waals surface area contributed by atoms with Gasteiger partial charge in [-0.2, -0.15) is 0 Å². The van der Waals surface area contributed by atoms with E-state index in [0.717, 1.165) is 69.1 Å². The summed E-state index contributed by atoms with van der Waals surface area (Å²) in [5.41, 5.74) is 0. The molecule has 0 aromatic rings. The first-order valence-corrected chi connectivity index (χ1v) is 19.9. The zero-order valence-electron chi connectivity index (χ0n) is 33.9. The van der Waals surface area contributed by atoms with E-state index in [1.807, 2.05) is 4.90 Å². The van der Waals surface area contributed by atoms with Gasteiger partial charge < -0.3 is 38.8 Å². The molecule has 0 saturated carbocycles. The van der Waals surface area contributed by atoms with Crippen LogP contribution in [0.5, 0.6) is 0 Å². The van der Waals surface area contributed by atoms with Crippen molar-refractivity contribution in [3.05, 3.63) is 0 Å². The molecular formula is C38H66N4O14. The minimum atomic E-state index is -1.33. The Kier molecular flexibility index (Phi) is 26.9. The van der Waals surface area contributed by atoms with Gasteiger partial charge in [0.05, 0.1) is 65.1 Å². The highest BCUT2D eigenvalue weighted by Crippen LogP contribution is 2.22. The van der Waals surface area contributed by atoms with Gasteiger partial charge in [0.15, 0.2) is 0 Å². The van der Waals surface area contributed by atoms with E-state index in [2.05, 4.69) is 13.8 Å². The molecule has 56 heavy (non-hydrogen) atoms. The molecule has 0 radical (unpaired) electrons. The second-order valence-corrected chi connectivity index (χ2v) is 14.3. The van der Waals surface area contributed by atoms with Crippen molar-refractivity contribution in [2.24, 2.45) is 0 Å². The maximum atomic E-state index is 13.2. The molecule has 0 aliphatic carbocycles. The number of hydrogen-bond acceptors (Lipinski definition) is 15. The van der Waals surface area contributed by atoms with Crippen LogP contribution in [0.1, 0.15) is 97.3 Å². The van der Waals surface area contributed by atoms with E-state index in [9.17, 15) is 33.6 Å². The Morgan fingerprint density at radius 1 is 0.571 bits per heavy atom. The largest absolute Gasteiger partial charge is 0.480 e. The van der Waals surface area contributed by atoms with Gasteiger partial charge in [0.2, 0.25) is 0 Å². The third-order valence-corrected chi connectivity index (χ3v) is 8.76. The van der Waals surface area contributed by atoms with E-state index < -0.39 is 80.2 Å². The highest BCUT2D eigenvalue weighted by atomic mass is 16.6. The number of hydrogen-bond donors (Lipinski definition) is 2. The number of likely N-dealkylation sites (tertiary alicyclic amines) is 1. The molecule has 1 amide bonds. The lowest BCUT2D eigenvalue weighted by Crippen LogP contribution is -2.42. The molecule has 2 N–H and O–H groups in total. The van der Waals surface area contributed by atoms with Gasteiger partial charge in [-0.05, 0) is 26.9 Å². The van der Waals surface area contributed by atoms with Gasteiger partial charge in [0, 0.05) is 13.0 Å². The zero-order chi connectivity index (χ0) is 41.7. The number of carboxylic acid groups (broad SMARTS) is 2. The fourth-order valence-electron chi connectivity index (χ4n) is 5.87. The number of esters is 4. The monoisotopic (exact) mass is 802 g/mol. The third-order valence-electron chi connectivity index (χ3n) is 8.76. The second kappa shape index (κ2) is 30.2. The van der Waals surface area contributed by atoms with E-state index >= 15 is 0 Å². The number of amides is 1. The summed E-state index contributed by atoms with van der Waals surface area (Å²) in [6.45, 7) is 1.49. The molecule has 1 fully saturated rings. The van der Waals surface area contributed by atoms with Gasteiger partial charge in [0.25, 0.3) is 0 Å². The quantitative estimate of drug-likeness (QED) is 0.0568. The first-order valence-electron chi connectivity index (χ1n) is 19.9. The molecule has 18 heteroatoms. The first-order chi connectivity index (χ1) is 26.7. The fraction of sp³-hybridized carbons (Fsp3) is 0.816. The molecule has 1 aliphatic heterocycles. The molecule has 0 aromatic heterocycles. The van der Waals surface area contributed by atoms with Crippen LogP contribution in [0.3, 0.4) is 0 Å². The lowest BCUT2D eigenvalue weighted by Gasteiger charge is -2.24. The van der Waals surface area contributed by atoms with Crippen molar-refractivity contribution in [1.82, 2.24) is 19.6 Å². The van der Waals surface area contributed by atoms with Crippen LogP contribution in [0, 0.1) is 0 Å². The molecule has 1 saturated heterocycles. The number of likely N-dealkylation sites (N-methyl/N-ethyl adjacent to an activating group) is 1. The van der Waals surface area contributed by atoms with Crippen molar-refractivity contribution in [2.75, 3.05) is 92.9 Å². The van der Waals surface area contributed by atoms with Crippen LogP contribution < -0.4 is 0 Å². The van der Waals surface area contributed by atoms with Crippen molar-refractivity contribution in [3.63, 3.8) is 0 Å². The fourth-order valence-corrected chi connectivity index (χ4v) is 5.87. The summed E-state index contributed by atoms with van der Waals surface area (Å²) < 4.78 is 27.1. The maximum absolute atomic E-state index is 13.2. The lowest BCUT2D eigenvalue weighted by molar-refractivity contribution is -0.155. The normalized spacial score (nSPS) is 15.2. The standard InChI is InChI=1S/C38H66N4O14/c1-5-7-9-11-13-15-18-52-34(47)25-41(26-35(48)53-19-16-14-12-10-8-6-2)28-37(50)56-31-21-30(42(22-31)38(51)54-20-17-39(3)4)29-55-36(49)27-40(23-32(43)44)24-33(45)46/h30-31H,5-29H2,1-4H3,(H,43,44)(H,45,46)/t30-,31-/m1/s1. The van der Waals surface area contributed by atoms with E-state index in [1.165, 1.54) is 9.80 Å². The Labute approximate surface area is 331 Å². The average molecular weight is 803 g/mol. The van der Waals surface area contributed by atoms with E-state index in [-0.39, 0.29) is 52.5 Å². The van der Waals surface area contributed by atoms with E-state index in [1.54, 1.807) is 14.1 Å². The van der Waals surface area contributed by atoms with Gasteiger partial charge in [-0.1, -0.05) is 78.1 Å². The van der Waals surface area contributed by atoms with Crippen LogP contribution in [0.2, 0.25) is 0 Å². The van der Waals surface area contributed by atoms with Crippen LogP contribution in [0.15, 0.2) is 0 Å². The summed E-state index contributed by atoms with van der Waals surface area (Å²) in [6.07, 6.45) is 10.5. The molecule has 0 bridgehead atoms. The highest BCUT2D eigenvalue weighted by Gasteiger charge is 2.39. The number of carbonyl (C=O) groups excluding carboxylic acids is 5. The second-order valence-electron chi connectivity index (χ2n) is 14.3. The van der Waals surface area contributed by atoms with Crippen molar-refractivity contribution < 1.29 is 67.5 Å². The predicted octanol–water partition coefficient (Wildman–Crippen LogP) is 2.79. The van der Waals surface area contributed by atoms with Gasteiger partial charge in [-0.3, -0.25) is 43.5 Å². The first kappa shape index (κ1) is 50.0. The average Bonchev–Trinajstić information content (AvgIpc) is 3.51. The van der Waals surface area contributed by atoms with Gasteiger partial charge in [-0.25, -0.2) is 4.79 Å². The Balaban J connectivity index is 2.91. The number of carbonyl (C=O) groups is 7. The van der Waals surface area contributed by atoms with Crippen LogP contribution >= 0.6 is 0 Å². The minimum absolute atomic E-state index is 0.0381. The van der Waals surface area contributed by atoms with Crippen LogP contribution in [-0.2, 0) is 52.5 Å². The maximum Gasteiger partial charge on any atom is 0.410 e. The number of ether oxygens (including phenoxy) is 5. The number of carboxylic acids is 2. The summed E-state index contributed by atoms with van der Waals surface area (Å²) in [4.78, 5) is 91.8. The molecule has 0 unspecified atom stereocenters. The van der Waals surface area contributed by atoms with Crippen molar-refractivity contribution >= 4 is 41.9 Å². The van der Waals surface area contributed by atoms with Crippen molar-refractivity contribution in [2.45, 2.75) is 109 Å². The summed E-state index contributed by atoms with van der Waals surface area (Å²) in [7, 11) is 3.60. The van der Waals surface area contributed by atoms with Gasteiger partial charge in [0.1, 0.15) is 19.3 Å². The van der Waals surface area contributed by atoms with E-state index in [4.69, 9.17) is 33.9 Å². The summed E-state index contributed by atoms with van der Waals surface area (Å²) in [5.74, 6) is -5.57. The molecule has 322 valence electrons. The van der Waals surface area contributed by atoms with Crippen molar-refractivity contribution in [3.8, 4) is 0 Å². The summed E-state index contributed by atoms with van der Waals surface area (Å²) >= 11 is 0. The van der Waals surface area contributed by atoms with Crippen LogP contribution in [0.4, 0.5) is 4.79 Å². The molecule has 2 atom stereocenters. The summed E-state index contributed by atoms with van der Waals surface area (Å²) in [5, 5.41) is 18.1. The Morgan fingerprint density at radius 3 is 1.50 bits per heavy atom. The smallest absolute Gasteiger partial charge is 0.410 e.